The van der Waals surface area contributed by atoms with Crippen molar-refractivity contribution in [3.8, 4) is 6.07 Å². The van der Waals surface area contributed by atoms with Crippen LogP contribution in [0.5, 0.6) is 0 Å². The summed E-state index contributed by atoms with van der Waals surface area (Å²) in [6, 6.07) is 4.11. The van der Waals surface area contributed by atoms with Crippen LogP contribution in [0.3, 0.4) is 0 Å². The van der Waals surface area contributed by atoms with Gasteiger partial charge < -0.3 is 14.6 Å². The molecule has 0 atom stereocenters. The third kappa shape index (κ3) is 3.19. The molecule has 3 heterocycles. The van der Waals surface area contributed by atoms with E-state index in [1.807, 2.05) is 6.07 Å². The summed E-state index contributed by atoms with van der Waals surface area (Å²) in [5.41, 5.74) is 1.85. The molecule has 1 fully saturated rings. The molecule has 6 nitrogen and oxygen atoms in total. The number of nitrogens with zero attached hydrogens (tertiary/aromatic N) is 3. The van der Waals surface area contributed by atoms with E-state index in [1.165, 1.54) is 0 Å². The monoisotopic (exact) mass is 354 g/mol. The molecule has 0 spiro atoms. The second-order valence-corrected chi connectivity index (χ2v) is 8.30. The van der Waals surface area contributed by atoms with Crippen LogP contribution in [0.4, 0.5) is 5.69 Å². The quantitative estimate of drug-likeness (QED) is 0.896. The predicted molar refractivity (Wildman–Crippen MR) is 103 cm³/mol. The number of ether oxygens (including phenoxy) is 1. The topological polar surface area (TPSA) is 82.0 Å². The number of nitriles is 1. The molecule has 0 bridgehead atoms. The molecule has 6 heteroatoms. The summed E-state index contributed by atoms with van der Waals surface area (Å²) >= 11 is 0. The van der Waals surface area contributed by atoms with E-state index in [0.717, 1.165) is 42.7 Å². The van der Waals surface area contributed by atoms with Crippen LogP contribution in [0.15, 0.2) is 17.1 Å². The molecule has 0 saturated carbocycles. The van der Waals surface area contributed by atoms with E-state index in [0.29, 0.717) is 5.52 Å². The van der Waals surface area contributed by atoms with E-state index in [-0.39, 0.29) is 22.1 Å². The Hall–Kier alpha value is -2.39. The van der Waals surface area contributed by atoms with E-state index in [4.69, 9.17) is 4.74 Å². The van der Waals surface area contributed by atoms with Crippen molar-refractivity contribution < 1.29 is 4.74 Å². The SMILES string of the molecule is COC1(C)CCN(c2c(C#N)c(=O)[nH]c3cnc(C(C)(C)C)cc23)CC1. The lowest BCUT2D eigenvalue weighted by Gasteiger charge is -2.40. The van der Waals surface area contributed by atoms with Crippen molar-refractivity contribution in [3.05, 3.63) is 33.9 Å². The Morgan fingerprint density at radius 3 is 2.54 bits per heavy atom. The number of anilines is 1. The molecule has 1 aliphatic rings. The smallest absolute Gasteiger partial charge is 0.268 e. The normalized spacial score (nSPS) is 17.3. The van der Waals surface area contributed by atoms with Gasteiger partial charge in [0.15, 0.2) is 0 Å². The summed E-state index contributed by atoms with van der Waals surface area (Å²) in [6.45, 7) is 9.89. The van der Waals surface area contributed by atoms with Crippen molar-refractivity contribution >= 4 is 16.6 Å². The molecular weight excluding hydrogens is 328 g/mol. The molecule has 0 aromatic carbocycles. The highest BCUT2D eigenvalue weighted by molar-refractivity contribution is 5.94. The minimum Gasteiger partial charge on any atom is -0.378 e. The second-order valence-electron chi connectivity index (χ2n) is 8.30. The standard InChI is InChI=1S/C20H26N4O2/c1-19(2,3)16-10-13-15(12-22-16)23-18(25)14(11-21)17(13)24-8-6-20(4,26-5)7-9-24/h10,12H,6-9H2,1-5H3,(H,23,25). The number of piperidine rings is 1. The number of H-pyrrole nitrogens is 1. The van der Waals surface area contributed by atoms with Crippen molar-refractivity contribution in [2.75, 3.05) is 25.1 Å². The Morgan fingerprint density at radius 2 is 2.00 bits per heavy atom. The number of aromatic amines is 1. The van der Waals surface area contributed by atoms with Crippen LogP contribution in [0.1, 0.15) is 51.8 Å². The zero-order chi connectivity index (χ0) is 19.1. The predicted octanol–water partition coefficient (Wildman–Crippen LogP) is 3.10. The van der Waals surface area contributed by atoms with Gasteiger partial charge in [-0.1, -0.05) is 20.8 Å². The molecule has 1 N–H and O–H groups in total. The fraction of sp³-hybridized carbons (Fsp3) is 0.550. The number of fused-ring (bicyclic) bond motifs is 1. The van der Waals surface area contributed by atoms with Gasteiger partial charge >= 0.3 is 0 Å². The first kappa shape index (κ1) is 18.4. The maximum absolute atomic E-state index is 12.4. The van der Waals surface area contributed by atoms with Crippen LogP contribution >= 0.6 is 0 Å². The van der Waals surface area contributed by atoms with E-state index in [9.17, 15) is 10.1 Å². The maximum Gasteiger partial charge on any atom is 0.268 e. The number of hydrogen-bond donors (Lipinski definition) is 1. The first-order chi connectivity index (χ1) is 12.2. The van der Waals surface area contributed by atoms with E-state index in [1.54, 1.807) is 13.3 Å². The molecule has 2 aromatic heterocycles. The fourth-order valence-corrected chi connectivity index (χ4v) is 3.43. The highest BCUT2D eigenvalue weighted by atomic mass is 16.5. The molecule has 138 valence electrons. The number of methoxy groups -OCH3 is 1. The molecule has 1 aliphatic heterocycles. The zero-order valence-corrected chi connectivity index (χ0v) is 16.1. The van der Waals surface area contributed by atoms with Crippen LogP contribution in [-0.4, -0.2) is 35.8 Å². The largest absolute Gasteiger partial charge is 0.378 e. The van der Waals surface area contributed by atoms with Gasteiger partial charge in [-0.25, -0.2) is 0 Å². The zero-order valence-electron chi connectivity index (χ0n) is 16.1. The van der Waals surface area contributed by atoms with Crippen LogP contribution in [0.2, 0.25) is 0 Å². The van der Waals surface area contributed by atoms with Gasteiger partial charge in [-0.3, -0.25) is 9.78 Å². The van der Waals surface area contributed by atoms with Gasteiger partial charge in [0, 0.05) is 36.7 Å². The highest BCUT2D eigenvalue weighted by Gasteiger charge is 2.32. The number of nitrogens with one attached hydrogen (secondary N) is 1. The third-order valence-corrected chi connectivity index (χ3v) is 5.38. The Labute approximate surface area is 153 Å². The lowest BCUT2D eigenvalue weighted by molar-refractivity contribution is -0.0132. The van der Waals surface area contributed by atoms with E-state index >= 15 is 0 Å². The van der Waals surface area contributed by atoms with Gasteiger partial charge in [0.1, 0.15) is 11.6 Å². The molecular formula is C20H26N4O2. The summed E-state index contributed by atoms with van der Waals surface area (Å²) in [7, 11) is 1.74. The van der Waals surface area contributed by atoms with Crippen LogP contribution in [0.25, 0.3) is 10.9 Å². The molecule has 26 heavy (non-hydrogen) atoms. The van der Waals surface area contributed by atoms with Crippen molar-refractivity contribution in [2.45, 2.75) is 51.6 Å². The van der Waals surface area contributed by atoms with Crippen molar-refractivity contribution in [1.29, 1.82) is 5.26 Å². The molecule has 0 unspecified atom stereocenters. The summed E-state index contributed by atoms with van der Waals surface area (Å²) < 4.78 is 5.62. The third-order valence-electron chi connectivity index (χ3n) is 5.38. The number of rotatable bonds is 2. The lowest BCUT2D eigenvalue weighted by atomic mass is 9.90. The van der Waals surface area contributed by atoms with Crippen molar-refractivity contribution in [3.63, 3.8) is 0 Å². The summed E-state index contributed by atoms with van der Waals surface area (Å²) in [4.78, 5) is 21.9. The highest BCUT2D eigenvalue weighted by Crippen LogP contribution is 2.34. The molecule has 0 aliphatic carbocycles. The first-order valence-corrected chi connectivity index (χ1v) is 8.95. The van der Waals surface area contributed by atoms with Gasteiger partial charge in [-0.15, -0.1) is 0 Å². The number of pyridine rings is 2. The van der Waals surface area contributed by atoms with Crippen molar-refractivity contribution in [1.82, 2.24) is 9.97 Å². The Morgan fingerprint density at radius 1 is 1.35 bits per heavy atom. The Balaban J connectivity index is 2.19. The van der Waals surface area contributed by atoms with Crippen molar-refractivity contribution in [2.24, 2.45) is 0 Å². The van der Waals surface area contributed by atoms with Gasteiger partial charge in [-0.2, -0.15) is 5.26 Å². The fourth-order valence-electron chi connectivity index (χ4n) is 3.43. The van der Waals surface area contributed by atoms with Gasteiger partial charge in [-0.05, 0) is 25.8 Å². The average Bonchev–Trinajstić information content (AvgIpc) is 2.60. The number of hydrogen-bond acceptors (Lipinski definition) is 5. The number of aromatic nitrogens is 2. The lowest BCUT2D eigenvalue weighted by Crippen LogP contribution is -2.44. The molecule has 3 rings (SSSR count). The summed E-state index contributed by atoms with van der Waals surface area (Å²) in [6.07, 6.45) is 3.39. The van der Waals surface area contributed by atoms with Gasteiger partial charge in [0.2, 0.25) is 0 Å². The van der Waals surface area contributed by atoms with Crippen LogP contribution in [0, 0.1) is 11.3 Å². The van der Waals surface area contributed by atoms with E-state index < -0.39 is 0 Å². The average molecular weight is 354 g/mol. The molecule has 1 saturated heterocycles. The maximum atomic E-state index is 12.4. The first-order valence-electron chi connectivity index (χ1n) is 8.95. The summed E-state index contributed by atoms with van der Waals surface area (Å²) in [5, 5.41) is 10.5. The molecule has 2 aromatic rings. The van der Waals surface area contributed by atoms with Gasteiger partial charge in [0.25, 0.3) is 5.56 Å². The van der Waals surface area contributed by atoms with Crippen LogP contribution < -0.4 is 10.5 Å². The van der Waals surface area contributed by atoms with Crippen LogP contribution in [-0.2, 0) is 10.2 Å². The van der Waals surface area contributed by atoms with E-state index in [2.05, 4.69) is 48.6 Å². The van der Waals surface area contributed by atoms with Gasteiger partial charge in [0.05, 0.1) is 23.0 Å². The molecule has 0 radical (unpaired) electrons. The molecule has 0 amide bonds. The second kappa shape index (κ2) is 6.40. The Kier molecular flexibility index (Phi) is 4.53. The summed E-state index contributed by atoms with van der Waals surface area (Å²) in [5.74, 6) is 0. The minimum absolute atomic E-state index is 0.120. The Bertz CT molecular complexity index is 926. The minimum atomic E-state index is -0.361.